The van der Waals surface area contributed by atoms with Crippen molar-refractivity contribution in [3.8, 4) is 0 Å². The molecule has 106 valence electrons. The summed E-state index contributed by atoms with van der Waals surface area (Å²) in [7, 11) is 1.52. The van der Waals surface area contributed by atoms with Crippen LogP contribution in [0.25, 0.3) is 0 Å². The SMILES string of the molecule is CCOC(=O)C1=C(C)N(C)C(=O)C1(C)C(=O)OCC. The van der Waals surface area contributed by atoms with Gasteiger partial charge in [0.15, 0.2) is 5.41 Å². The van der Waals surface area contributed by atoms with Crippen molar-refractivity contribution in [1.29, 1.82) is 0 Å². The second-order valence-corrected chi connectivity index (χ2v) is 4.39. The summed E-state index contributed by atoms with van der Waals surface area (Å²) in [6, 6.07) is 0. The van der Waals surface area contributed by atoms with E-state index >= 15 is 0 Å². The quantitative estimate of drug-likeness (QED) is 0.559. The van der Waals surface area contributed by atoms with Crippen molar-refractivity contribution in [2.75, 3.05) is 20.3 Å². The van der Waals surface area contributed by atoms with Crippen molar-refractivity contribution in [2.24, 2.45) is 5.41 Å². The zero-order valence-electron chi connectivity index (χ0n) is 11.9. The summed E-state index contributed by atoms with van der Waals surface area (Å²) < 4.78 is 9.86. The second kappa shape index (κ2) is 5.42. The Kier molecular flexibility index (Phi) is 4.34. The summed E-state index contributed by atoms with van der Waals surface area (Å²) in [5.74, 6) is -1.87. The average molecular weight is 269 g/mol. The van der Waals surface area contributed by atoms with E-state index in [2.05, 4.69) is 0 Å². The lowest BCUT2D eigenvalue weighted by Gasteiger charge is -2.22. The third-order valence-corrected chi connectivity index (χ3v) is 3.26. The minimum atomic E-state index is -1.62. The van der Waals surface area contributed by atoms with Crippen molar-refractivity contribution in [3.05, 3.63) is 11.3 Å². The Morgan fingerprint density at radius 3 is 2.21 bits per heavy atom. The fraction of sp³-hybridized carbons (Fsp3) is 0.615. The minimum Gasteiger partial charge on any atom is -0.465 e. The van der Waals surface area contributed by atoms with Crippen molar-refractivity contribution in [2.45, 2.75) is 27.7 Å². The predicted octanol–water partition coefficient (Wildman–Crippen LogP) is 0.865. The Labute approximate surface area is 112 Å². The molecule has 0 radical (unpaired) electrons. The molecule has 6 heteroatoms. The molecule has 0 spiro atoms. The van der Waals surface area contributed by atoms with Crippen LogP contribution in [0.2, 0.25) is 0 Å². The fourth-order valence-electron chi connectivity index (χ4n) is 2.14. The average Bonchev–Trinajstić information content (AvgIpc) is 2.53. The third-order valence-electron chi connectivity index (χ3n) is 3.26. The number of hydrogen-bond donors (Lipinski definition) is 0. The molecule has 1 rings (SSSR count). The second-order valence-electron chi connectivity index (χ2n) is 4.39. The molecule has 1 amide bonds. The van der Waals surface area contributed by atoms with Gasteiger partial charge in [-0.15, -0.1) is 0 Å². The summed E-state index contributed by atoms with van der Waals surface area (Å²) in [5, 5.41) is 0. The Hall–Kier alpha value is -1.85. The van der Waals surface area contributed by atoms with Crippen molar-refractivity contribution < 1.29 is 23.9 Å². The normalized spacial score (nSPS) is 22.8. The van der Waals surface area contributed by atoms with E-state index in [0.717, 1.165) is 0 Å². The van der Waals surface area contributed by atoms with Crippen molar-refractivity contribution in [1.82, 2.24) is 4.90 Å². The summed E-state index contributed by atoms with van der Waals surface area (Å²) in [5.41, 5.74) is -1.15. The first kappa shape index (κ1) is 15.2. The zero-order valence-corrected chi connectivity index (χ0v) is 11.9. The first-order valence-electron chi connectivity index (χ1n) is 6.16. The Bertz CT molecular complexity index is 454. The molecule has 0 aromatic heterocycles. The molecule has 0 aromatic rings. The highest BCUT2D eigenvalue weighted by molar-refractivity contribution is 6.16. The number of esters is 2. The van der Waals surface area contributed by atoms with Crippen LogP contribution in [-0.4, -0.2) is 43.0 Å². The maximum absolute atomic E-state index is 12.2. The highest BCUT2D eigenvalue weighted by Crippen LogP contribution is 2.41. The monoisotopic (exact) mass is 269 g/mol. The molecule has 0 aromatic carbocycles. The summed E-state index contributed by atoms with van der Waals surface area (Å²) in [6.07, 6.45) is 0. The van der Waals surface area contributed by atoms with Gasteiger partial charge in [-0.2, -0.15) is 0 Å². The molecule has 0 fully saturated rings. The van der Waals surface area contributed by atoms with Crippen LogP contribution in [-0.2, 0) is 23.9 Å². The molecule has 0 bridgehead atoms. The van der Waals surface area contributed by atoms with Crippen LogP contribution in [0.1, 0.15) is 27.7 Å². The summed E-state index contributed by atoms with van der Waals surface area (Å²) in [4.78, 5) is 37.6. The highest BCUT2D eigenvalue weighted by Gasteiger charge is 2.56. The van der Waals surface area contributed by atoms with Crippen LogP contribution in [0.15, 0.2) is 11.3 Å². The summed E-state index contributed by atoms with van der Waals surface area (Å²) in [6.45, 7) is 6.62. The molecule has 1 atom stereocenters. The lowest BCUT2D eigenvalue weighted by atomic mass is 9.82. The number of allylic oxidation sites excluding steroid dienone is 1. The van der Waals surface area contributed by atoms with Crippen LogP contribution in [0.3, 0.4) is 0 Å². The third kappa shape index (κ3) is 2.22. The zero-order chi connectivity index (χ0) is 14.8. The number of carbonyl (C=O) groups excluding carboxylic acids is 3. The van der Waals surface area contributed by atoms with E-state index in [1.807, 2.05) is 0 Å². The smallest absolute Gasteiger partial charge is 0.337 e. The molecule has 1 aliphatic rings. The van der Waals surface area contributed by atoms with Crippen LogP contribution in [0.4, 0.5) is 0 Å². The molecule has 6 nitrogen and oxygen atoms in total. The van der Waals surface area contributed by atoms with Gasteiger partial charge in [-0.3, -0.25) is 9.59 Å². The highest BCUT2D eigenvalue weighted by atomic mass is 16.5. The first-order valence-corrected chi connectivity index (χ1v) is 6.16. The number of carbonyl (C=O) groups is 3. The predicted molar refractivity (Wildman–Crippen MR) is 66.8 cm³/mol. The number of hydrogen-bond acceptors (Lipinski definition) is 5. The summed E-state index contributed by atoms with van der Waals surface area (Å²) >= 11 is 0. The molecule has 1 unspecified atom stereocenters. The number of ether oxygens (including phenoxy) is 2. The molecule has 1 heterocycles. The molecule has 0 aliphatic carbocycles. The van der Waals surface area contributed by atoms with E-state index in [9.17, 15) is 14.4 Å². The van der Waals surface area contributed by atoms with Crippen molar-refractivity contribution >= 4 is 17.8 Å². The van der Waals surface area contributed by atoms with Crippen LogP contribution >= 0.6 is 0 Å². The Balaban J connectivity index is 3.31. The van der Waals surface area contributed by atoms with Gasteiger partial charge in [-0.1, -0.05) is 0 Å². The lowest BCUT2D eigenvalue weighted by molar-refractivity contribution is -0.160. The van der Waals surface area contributed by atoms with Crippen molar-refractivity contribution in [3.63, 3.8) is 0 Å². The molecule has 0 saturated heterocycles. The fourth-order valence-corrected chi connectivity index (χ4v) is 2.14. The molecule has 0 saturated carbocycles. The maximum Gasteiger partial charge on any atom is 0.337 e. The molecular formula is C13H19NO5. The first-order chi connectivity index (χ1) is 8.82. The number of amides is 1. The van der Waals surface area contributed by atoms with Gasteiger partial charge in [0.2, 0.25) is 5.91 Å². The van der Waals surface area contributed by atoms with E-state index < -0.39 is 23.3 Å². The Morgan fingerprint density at radius 2 is 1.74 bits per heavy atom. The van der Waals surface area contributed by atoms with Gasteiger partial charge in [-0.25, -0.2) is 4.79 Å². The van der Waals surface area contributed by atoms with E-state index in [0.29, 0.717) is 5.70 Å². The topological polar surface area (TPSA) is 72.9 Å². The van der Waals surface area contributed by atoms with Gasteiger partial charge in [0, 0.05) is 12.7 Å². The Morgan fingerprint density at radius 1 is 1.21 bits per heavy atom. The number of nitrogens with zero attached hydrogens (tertiary/aromatic N) is 1. The van der Waals surface area contributed by atoms with E-state index in [-0.39, 0.29) is 18.8 Å². The van der Waals surface area contributed by atoms with E-state index in [1.54, 1.807) is 20.8 Å². The van der Waals surface area contributed by atoms with Crippen LogP contribution in [0, 0.1) is 5.41 Å². The minimum absolute atomic E-state index is 0.0558. The van der Waals surface area contributed by atoms with E-state index in [1.165, 1.54) is 18.9 Å². The van der Waals surface area contributed by atoms with E-state index in [4.69, 9.17) is 9.47 Å². The van der Waals surface area contributed by atoms with Crippen LogP contribution in [0.5, 0.6) is 0 Å². The van der Waals surface area contributed by atoms with Gasteiger partial charge < -0.3 is 14.4 Å². The maximum atomic E-state index is 12.2. The molecule has 0 N–H and O–H groups in total. The number of rotatable bonds is 4. The van der Waals surface area contributed by atoms with Crippen LogP contribution < -0.4 is 0 Å². The molecule has 19 heavy (non-hydrogen) atoms. The largest absolute Gasteiger partial charge is 0.465 e. The molecule has 1 aliphatic heterocycles. The standard InChI is InChI=1S/C13H19NO5/c1-6-18-10(15)9-8(3)14(5)11(16)13(9,4)12(17)19-7-2/h6-7H2,1-5H3. The van der Waals surface area contributed by atoms with Gasteiger partial charge in [-0.05, 0) is 27.7 Å². The lowest BCUT2D eigenvalue weighted by Crippen LogP contribution is -2.42. The van der Waals surface area contributed by atoms with Gasteiger partial charge >= 0.3 is 11.9 Å². The van der Waals surface area contributed by atoms with Gasteiger partial charge in [0.25, 0.3) is 0 Å². The van der Waals surface area contributed by atoms with Gasteiger partial charge in [0.1, 0.15) is 0 Å². The molecular weight excluding hydrogens is 250 g/mol. The van der Waals surface area contributed by atoms with Gasteiger partial charge in [0.05, 0.1) is 18.8 Å².